The van der Waals surface area contributed by atoms with Crippen LogP contribution < -0.4 is 4.74 Å². The van der Waals surface area contributed by atoms with E-state index in [4.69, 9.17) is 4.74 Å². The highest BCUT2D eigenvalue weighted by atomic mass is 16.5. The summed E-state index contributed by atoms with van der Waals surface area (Å²) in [4.78, 5) is 7.23. The second-order valence-corrected chi connectivity index (χ2v) is 8.55. The standard InChI is InChI=1S/C28H28N2O/c1-3-21-19-30-16-14-22(21)17-28(30)25(11-9-20-7-5-4-6-8-20)24-13-15-29-27-12-10-23(31-2)18-26(24)27/h3-10,12-13,15,18,21-22,28H,1,14,16-17,19H2,2H3/t11?,21?,22?,28-/m0/s1. The number of fused-ring (bicyclic) bond motifs is 4. The van der Waals surface area contributed by atoms with Crippen LogP contribution in [0, 0.1) is 11.8 Å². The van der Waals surface area contributed by atoms with Crippen LogP contribution in [0.1, 0.15) is 24.0 Å². The van der Waals surface area contributed by atoms with Crippen LogP contribution in [0.15, 0.2) is 79.2 Å². The van der Waals surface area contributed by atoms with Gasteiger partial charge >= 0.3 is 0 Å². The quantitative estimate of drug-likeness (QED) is 0.392. The number of ether oxygens (including phenoxy) is 1. The average Bonchev–Trinajstić information content (AvgIpc) is 2.85. The predicted octanol–water partition coefficient (Wildman–Crippen LogP) is 5.84. The minimum absolute atomic E-state index is 0.353. The summed E-state index contributed by atoms with van der Waals surface area (Å²) >= 11 is 0. The molecular formula is C28H28N2O. The number of hydrogen-bond acceptors (Lipinski definition) is 3. The van der Waals surface area contributed by atoms with Crippen molar-refractivity contribution in [2.45, 2.75) is 18.9 Å². The Morgan fingerprint density at radius 3 is 2.81 bits per heavy atom. The van der Waals surface area contributed by atoms with Crippen molar-refractivity contribution in [1.29, 1.82) is 0 Å². The number of nitrogens with zero attached hydrogens (tertiary/aromatic N) is 2. The van der Waals surface area contributed by atoms with Crippen molar-refractivity contribution < 1.29 is 4.74 Å². The molecule has 4 atom stereocenters. The number of hydrogen-bond donors (Lipinski definition) is 0. The zero-order valence-electron chi connectivity index (χ0n) is 18.0. The first-order valence-corrected chi connectivity index (χ1v) is 11.1. The second kappa shape index (κ2) is 8.55. The van der Waals surface area contributed by atoms with Crippen molar-refractivity contribution in [2.75, 3.05) is 20.2 Å². The Hall–Kier alpha value is -3.13. The monoisotopic (exact) mass is 408 g/mol. The molecule has 3 saturated heterocycles. The van der Waals surface area contributed by atoms with Gasteiger partial charge in [0, 0.05) is 29.7 Å². The lowest BCUT2D eigenvalue weighted by atomic mass is 9.73. The van der Waals surface area contributed by atoms with Crippen molar-refractivity contribution in [3.8, 4) is 5.75 Å². The molecule has 3 aliphatic rings. The summed E-state index contributed by atoms with van der Waals surface area (Å²) in [7, 11) is 1.71. The molecule has 3 nitrogen and oxygen atoms in total. The number of methoxy groups -OCH3 is 1. The highest BCUT2D eigenvalue weighted by Gasteiger charge is 2.40. The highest BCUT2D eigenvalue weighted by Crippen LogP contribution is 2.42. The van der Waals surface area contributed by atoms with Gasteiger partial charge in [0.1, 0.15) is 5.75 Å². The van der Waals surface area contributed by atoms with Crippen molar-refractivity contribution in [1.82, 2.24) is 9.88 Å². The Kier molecular flexibility index (Phi) is 5.46. The Labute approximate surface area is 184 Å². The van der Waals surface area contributed by atoms with Crippen LogP contribution in [0.25, 0.3) is 22.6 Å². The largest absolute Gasteiger partial charge is 0.497 e. The van der Waals surface area contributed by atoms with Crippen LogP contribution in [0.2, 0.25) is 0 Å². The highest BCUT2D eigenvalue weighted by molar-refractivity contribution is 5.94. The molecule has 3 unspecified atom stereocenters. The van der Waals surface area contributed by atoms with Gasteiger partial charge in [-0.1, -0.05) is 36.4 Å². The molecule has 0 N–H and O–H groups in total. The zero-order valence-corrected chi connectivity index (χ0v) is 18.0. The summed E-state index contributed by atoms with van der Waals surface area (Å²) in [6.07, 6.45) is 8.60. The van der Waals surface area contributed by atoms with Crippen LogP contribution in [0.5, 0.6) is 5.75 Å². The Balaban J connectivity index is 1.66. The van der Waals surface area contributed by atoms with Crippen molar-refractivity contribution >= 4 is 22.6 Å². The lowest BCUT2D eigenvalue weighted by molar-refractivity contribution is 0.0447. The van der Waals surface area contributed by atoms with Crippen molar-refractivity contribution in [3.05, 3.63) is 90.3 Å². The molecule has 0 aliphatic carbocycles. The van der Waals surface area contributed by atoms with E-state index in [0.29, 0.717) is 17.9 Å². The summed E-state index contributed by atoms with van der Waals surface area (Å²) in [5, 5.41) is 1.12. The van der Waals surface area contributed by atoms with Crippen LogP contribution >= 0.6 is 0 Å². The van der Waals surface area contributed by atoms with Gasteiger partial charge in [-0.15, -0.1) is 12.3 Å². The SMILES string of the molecule is C=CC1CN2CCC1C[C@H]2C(=C=Cc1ccccc1)c1ccnc2ccc(OC)cc12. The minimum atomic E-state index is 0.353. The molecule has 3 aliphatic heterocycles. The topological polar surface area (TPSA) is 25.4 Å². The third-order valence-corrected chi connectivity index (χ3v) is 6.87. The average molecular weight is 409 g/mol. The van der Waals surface area contributed by atoms with Gasteiger partial charge in [-0.05, 0) is 72.7 Å². The van der Waals surface area contributed by atoms with Gasteiger partial charge in [0.2, 0.25) is 0 Å². The van der Waals surface area contributed by atoms with E-state index in [1.165, 1.54) is 17.6 Å². The summed E-state index contributed by atoms with van der Waals surface area (Å²) in [6.45, 7) is 6.32. The Bertz CT molecular complexity index is 1160. The fourth-order valence-electron chi connectivity index (χ4n) is 5.19. The van der Waals surface area contributed by atoms with Gasteiger partial charge in [-0.3, -0.25) is 9.88 Å². The third kappa shape index (κ3) is 3.83. The molecule has 3 fully saturated rings. The molecular weight excluding hydrogens is 380 g/mol. The van der Waals surface area contributed by atoms with E-state index in [1.807, 2.05) is 24.4 Å². The summed E-state index contributed by atoms with van der Waals surface area (Å²) in [5.74, 6) is 2.15. The molecule has 3 heteroatoms. The van der Waals surface area contributed by atoms with E-state index < -0.39 is 0 Å². The maximum absolute atomic E-state index is 5.52. The van der Waals surface area contributed by atoms with Gasteiger partial charge in [0.25, 0.3) is 0 Å². The maximum atomic E-state index is 5.52. The predicted molar refractivity (Wildman–Crippen MR) is 128 cm³/mol. The van der Waals surface area contributed by atoms with Gasteiger partial charge < -0.3 is 4.74 Å². The molecule has 2 bridgehead atoms. The summed E-state index contributed by atoms with van der Waals surface area (Å²) < 4.78 is 5.52. The lowest BCUT2D eigenvalue weighted by Gasteiger charge is -2.49. The first-order chi connectivity index (χ1) is 15.3. The van der Waals surface area contributed by atoms with E-state index in [1.54, 1.807) is 7.11 Å². The number of aromatic nitrogens is 1. The Morgan fingerprint density at radius 1 is 1.19 bits per heavy atom. The smallest absolute Gasteiger partial charge is 0.119 e. The van der Waals surface area contributed by atoms with Gasteiger partial charge in [0.15, 0.2) is 0 Å². The lowest BCUT2D eigenvalue weighted by Crippen LogP contribution is -2.53. The van der Waals surface area contributed by atoms with Crippen LogP contribution in [0.3, 0.4) is 0 Å². The van der Waals surface area contributed by atoms with Crippen LogP contribution in [0.4, 0.5) is 0 Å². The molecule has 3 aromatic rings. The maximum Gasteiger partial charge on any atom is 0.119 e. The fraction of sp³-hybridized carbons (Fsp3) is 0.286. The number of pyridine rings is 1. The molecule has 0 saturated carbocycles. The third-order valence-electron chi connectivity index (χ3n) is 6.87. The van der Waals surface area contributed by atoms with Gasteiger partial charge in [-0.2, -0.15) is 0 Å². The molecule has 6 rings (SSSR count). The first-order valence-electron chi connectivity index (χ1n) is 11.1. The number of benzene rings is 2. The molecule has 1 aromatic heterocycles. The van der Waals surface area contributed by atoms with E-state index in [2.05, 4.69) is 70.7 Å². The van der Waals surface area contributed by atoms with E-state index >= 15 is 0 Å². The normalized spacial score (nSPS) is 24.4. The molecule has 2 aromatic carbocycles. The summed E-state index contributed by atoms with van der Waals surface area (Å²) in [5.41, 5.74) is 8.32. The van der Waals surface area contributed by atoms with Crippen LogP contribution in [-0.4, -0.2) is 36.1 Å². The number of rotatable bonds is 5. The first kappa shape index (κ1) is 19.8. The molecule has 0 radical (unpaired) electrons. The molecule has 4 heterocycles. The molecule has 0 spiro atoms. The number of piperidine rings is 3. The summed E-state index contributed by atoms with van der Waals surface area (Å²) in [6, 6.07) is 19.0. The van der Waals surface area contributed by atoms with Gasteiger partial charge in [-0.25, -0.2) is 0 Å². The minimum Gasteiger partial charge on any atom is -0.497 e. The molecule has 156 valence electrons. The van der Waals surface area contributed by atoms with Gasteiger partial charge in [0.05, 0.1) is 12.6 Å². The van der Waals surface area contributed by atoms with E-state index in [9.17, 15) is 0 Å². The van der Waals surface area contributed by atoms with E-state index in [0.717, 1.165) is 41.7 Å². The molecule has 0 amide bonds. The second-order valence-electron chi connectivity index (χ2n) is 8.55. The fourth-order valence-corrected chi connectivity index (χ4v) is 5.19. The van der Waals surface area contributed by atoms with Crippen LogP contribution in [-0.2, 0) is 0 Å². The van der Waals surface area contributed by atoms with E-state index in [-0.39, 0.29) is 0 Å². The van der Waals surface area contributed by atoms with Crippen molar-refractivity contribution in [2.24, 2.45) is 11.8 Å². The Morgan fingerprint density at radius 2 is 2.06 bits per heavy atom. The zero-order chi connectivity index (χ0) is 21.2. The molecule has 31 heavy (non-hydrogen) atoms. The van der Waals surface area contributed by atoms with Crippen molar-refractivity contribution in [3.63, 3.8) is 0 Å².